The van der Waals surface area contributed by atoms with Crippen LogP contribution in [0.3, 0.4) is 0 Å². The minimum absolute atomic E-state index is 0. The second kappa shape index (κ2) is 3.72. The summed E-state index contributed by atoms with van der Waals surface area (Å²) in [4.78, 5) is 0. The summed E-state index contributed by atoms with van der Waals surface area (Å²) in [5.74, 6) is 0. The van der Waals surface area contributed by atoms with Gasteiger partial charge in [-0.15, -0.1) is 12.4 Å². The van der Waals surface area contributed by atoms with Crippen molar-refractivity contribution in [2.45, 2.75) is 20.3 Å². The molecule has 0 amide bonds. The molecule has 0 atom stereocenters. The molecule has 0 heterocycles. The van der Waals surface area contributed by atoms with Crippen molar-refractivity contribution >= 4 is 12.4 Å². The predicted octanol–water partition coefficient (Wildman–Crippen LogP) is 2.58. The quantitative estimate of drug-likeness (QED) is 0.530. The smallest absolute Gasteiger partial charge is 0.147 e. The molecule has 0 aromatic carbocycles. The summed E-state index contributed by atoms with van der Waals surface area (Å²) in [6.45, 7) is 4.39. The van der Waals surface area contributed by atoms with Gasteiger partial charge in [0.05, 0.1) is 0 Å². The zero-order valence-electron chi connectivity index (χ0n) is 5.77. The predicted molar refractivity (Wildman–Crippen MR) is 38.3 cm³/mol. The van der Waals surface area contributed by atoms with Crippen LogP contribution in [0.25, 0.3) is 0 Å². The molecule has 0 nitrogen and oxygen atoms in total. The summed E-state index contributed by atoms with van der Waals surface area (Å²) in [5, 5.41) is 0. The van der Waals surface area contributed by atoms with Crippen LogP contribution in [0, 0.1) is 0 Å². The molecule has 0 fully saturated rings. The van der Waals surface area contributed by atoms with Gasteiger partial charge in [0.15, 0.2) is 0 Å². The van der Waals surface area contributed by atoms with E-state index in [4.69, 9.17) is 0 Å². The number of halogens is 1. The van der Waals surface area contributed by atoms with E-state index in [1.54, 1.807) is 27.7 Å². The van der Waals surface area contributed by atoms with Crippen molar-refractivity contribution in [2.75, 3.05) is 0 Å². The summed E-state index contributed by atoms with van der Waals surface area (Å²) in [6.07, 6.45) is 3.50. The number of allylic oxidation sites excluding steroid dienone is 4. The summed E-state index contributed by atoms with van der Waals surface area (Å²) in [6, 6.07) is 0. The number of hydrogen-bond acceptors (Lipinski definition) is 0. The Morgan fingerprint density at radius 2 is 2.00 bits per heavy atom. The van der Waals surface area contributed by atoms with Crippen molar-refractivity contribution in [3.05, 3.63) is 20.6 Å². The summed E-state index contributed by atoms with van der Waals surface area (Å²) >= 11 is 1.77. The molecule has 0 aliphatic heterocycles. The fourth-order valence-corrected chi connectivity index (χ4v) is 1.36. The van der Waals surface area contributed by atoms with E-state index in [9.17, 15) is 0 Å². The number of rotatable bonds is 0. The fourth-order valence-electron chi connectivity index (χ4n) is 0.822. The second-order valence-electron chi connectivity index (χ2n) is 2.24. The molecule has 48 valence electrons. The van der Waals surface area contributed by atoms with Crippen molar-refractivity contribution in [1.29, 1.82) is 0 Å². The topological polar surface area (TPSA) is 0 Å². The molecule has 0 aromatic rings. The molecule has 1 aliphatic rings. The van der Waals surface area contributed by atoms with Gasteiger partial charge in [0.2, 0.25) is 0 Å². The van der Waals surface area contributed by atoms with Gasteiger partial charge >= 0.3 is 65.2 Å². The normalized spacial score (nSPS) is 17.2. The Balaban J connectivity index is 0.000000640. The standard InChI is InChI=1S/C7H9.ClH.Sc/c1-6-4-3-5-7(6)2;;/h4H,3H2,1-2H3;1H;. The third-order valence-corrected chi connectivity index (χ3v) is 2.75. The van der Waals surface area contributed by atoms with Gasteiger partial charge in [-0.2, -0.15) is 0 Å². The second-order valence-corrected chi connectivity index (χ2v) is 3.33. The van der Waals surface area contributed by atoms with Gasteiger partial charge in [-0.1, -0.05) is 0 Å². The Kier molecular flexibility index (Phi) is 3.99. The first kappa shape index (κ1) is 9.64. The molecule has 0 radical (unpaired) electrons. The first-order valence-electron chi connectivity index (χ1n) is 2.84. The molecular weight excluding hydrogens is 164 g/mol. The molecule has 1 aliphatic carbocycles. The van der Waals surface area contributed by atoms with Crippen molar-refractivity contribution in [3.63, 3.8) is 0 Å². The SMILES string of the molecule is CC1=CC[C]([Sc])=C1C.Cl. The van der Waals surface area contributed by atoms with Gasteiger partial charge in [0.25, 0.3) is 0 Å². The van der Waals surface area contributed by atoms with Gasteiger partial charge in [0.1, 0.15) is 0 Å². The van der Waals surface area contributed by atoms with Crippen LogP contribution in [0.5, 0.6) is 0 Å². The monoisotopic (exact) mass is 174 g/mol. The van der Waals surface area contributed by atoms with Gasteiger partial charge in [-0.3, -0.25) is 0 Å². The van der Waals surface area contributed by atoms with Gasteiger partial charge in [-0.25, -0.2) is 0 Å². The summed E-state index contributed by atoms with van der Waals surface area (Å²) in [5.41, 5.74) is 2.99. The van der Waals surface area contributed by atoms with E-state index in [0.29, 0.717) is 0 Å². The first-order chi connectivity index (χ1) is 3.72. The van der Waals surface area contributed by atoms with E-state index in [2.05, 4.69) is 19.9 Å². The molecule has 0 spiro atoms. The van der Waals surface area contributed by atoms with Crippen LogP contribution in [0.1, 0.15) is 20.3 Å². The third kappa shape index (κ3) is 2.05. The minimum atomic E-state index is 0. The van der Waals surface area contributed by atoms with Crippen molar-refractivity contribution < 1.29 is 24.4 Å². The van der Waals surface area contributed by atoms with E-state index >= 15 is 0 Å². The summed E-state index contributed by atoms with van der Waals surface area (Å²) in [7, 11) is 0. The van der Waals surface area contributed by atoms with Crippen molar-refractivity contribution in [2.24, 2.45) is 0 Å². The minimum Gasteiger partial charge on any atom is -0.147 e. The Bertz CT molecular complexity index is 162. The van der Waals surface area contributed by atoms with Crippen LogP contribution in [0.4, 0.5) is 0 Å². The largest absolute Gasteiger partial charge is 0.147 e. The van der Waals surface area contributed by atoms with E-state index in [-0.39, 0.29) is 12.4 Å². The maximum absolute atomic E-state index is 2.30. The van der Waals surface area contributed by atoms with Crippen LogP contribution < -0.4 is 0 Å². The summed E-state index contributed by atoms with van der Waals surface area (Å²) < 4.78 is 1.59. The molecular formula is C7H10ClSc. The van der Waals surface area contributed by atoms with Crippen LogP contribution in [-0.2, 0) is 24.4 Å². The maximum atomic E-state index is 2.30. The maximum Gasteiger partial charge on any atom is -0.147 e. The van der Waals surface area contributed by atoms with Crippen LogP contribution in [0.2, 0.25) is 0 Å². The average molecular weight is 175 g/mol. The van der Waals surface area contributed by atoms with E-state index < -0.39 is 0 Å². The Hall–Kier alpha value is 0.640. The first-order valence-corrected chi connectivity index (χ1v) is 3.74. The molecule has 0 unspecified atom stereocenters. The average Bonchev–Trinajstić information content (AvgIpc) is 1.98. The molecule has 2 heteroatoms. The van der Waals surface area contributed by atoms with Crippen LogP contribution in [-0.4, -0.2) is 0 Å². The Labute approximate surface area is 77.4 Å². The molecule has 0 saturated carbocycles. The van der Waals surface area contributed by atoms with E-state index in [1.165, 1.54) is 17.6 Å². The van der Waals surface area contributed by atoms with Crippen LogP contribution >= 0.6 is 12.4 Å². The zero-order valence-corrected chi connectivity index (χ0v) is 8.39. The fraction of sp³-hybridized carbons (Fsp3) is 0.429. The molecule has 0 N–H and O–H groups in total. The Morgan fingerprint density at radius 3 is 2.11 bits per heavy atom. The molecule has 0 aromatic heterocycles. The molecule has 1 rings (SSSR count). The van der Waals surface area contributed by atoms with Crippen LogP contribution in [0.15, 0.2) is 20.6 Å². The van der Waals surface area contributed by atoms with Crippen molar-refractivity contribution in [1.82, 2.24) is 0 Å². The molecule has 0 bridgehead atoms. The van der Waals surface area contributed by atoms with Gasteiger partial charge in [0, 0.05) is 0 Å². The van der Waals surface area contributed by atoms with Gasteiger partial charge in [-0.05, 0) is 0 Å². The van der Waals surface area contributed by atoms with Gasteiger partial charge < -0.3 is 0 Å². The molecule has 9 heavy (non-hydrogen) atoms. The van der Waals surface area contributed by atoms with E-state index in [1.807, 2.05) is 0 Å². The van der Waals surface area contributed by atoms with Crippen molar-refractivity contribution in [3.8, 4) is 0 Å². The number of hydrogen-bond donors (Lipinski definition) is 0. The Morgan fingerprint density at radius 1 is 1.44 bits per heavy atom. The molecule has 0 saturated heterocycles. The zero-order chi connectivity index (χ0) is 6.15. The van der Waals surface area contributed by atoms with E-state index in [0.717, 1.165) is 0 Å². The third-order valence-electron chi connectivity index (χ3n) is 1.70.